The van der Waals surface area contributed by atoms with E-state index in [9.17, 15) is 0 Å². The van der Waals surface area contributed by atoms with E-state index < -0.39 is 0 Å². The Morgan fingerprint density at radius 3 is 2.79 bits per heavy atom. The first-order chi connectivity index (χ1) is 9.20. The molecular formula is C13H8BrClN2OS. The molecule has 1 aromatic carbocycles. The van der Waals surface area contributed by atoms with Gasteiger partial charge in [0.2, 0.25) is 0 Å². The van der Waals surface area contributed by atoms with E-state index in [1.165, 1.54) is 0 Å². The number of nitrogens with zero attached hydrogens (tertiary/aromatic N) is 2. The maximum absolute atomic E-state index is 6.28. The molecule has 3 rings (SSSR count). The minimum Gasteiger partial charge on any atom is -0.494 e. The Bertz CT molecular complexity index is 746. The van der Waals surface area contributed by atoms with Gasteiger partial charge >= 0.3 is 0 Å². The predicted molar refractivity (Wildman–Crippen MR) is 82.1 cm³/mol. The maximum Gasteiger partial charge on any atom is 0.171 e. The van der Waals surface area contributed by atoms with Crippen molar-refractivity contribution in [3.63, 3.8) is 0 Å². The van der Waals surface area contributed by atoms with Crippen LogP contribution in [0.5, 0.6) is 5.75 Å². The van der Waals surface area contributed by atoms with Crippen LogP contribution in [0.1, 0.15) is 0 Å². The van der Waals surface area contributed by atoms with Crippen LogP contribution in [0.25, 0.3) is 21.6 Å². The van der Waals surface area contributed by atoms with E-state index in [2.05, 4.69) is 25.9 Å². The average molecular weight is 356 g/mol. The zero-order valence-corrected chi connectivity index (χ0v) is 13.0. The first kappa shape index (κ1) is 12.8. The molecule has 19 heavy (non-hydrogen) atoms. The smallest absolute Gasteiger partial charge is 0.171 e. The first-order valence-corrected chi connectivity index (χ1v) is 7.49. The maximum atomic E-state index is 6.28. The molecule has 3 nitrogen and oxygen atoms in total. The monoisotopic (exact) mass is 354 g/mol. The molecule has 2 heterocycles. The van der Waals surface area contributed by atoms with Crippen molar-refractivity contribution < 1.29 is 4.74 Å². The predicted octanol–water partition coefficient (Wildman–Crippen LogP) is 4.78. The molecule has 0 unspecified atom stereocenters. The second kappa shape index (κ2) is 5.07. The van der Waals surface area contributed by atoms with E-state index >= 15 is 0 Å². The van der Waals surface area contributed by atoms with Gasteiger partial charge in [0.1, 0.15) is 16.4 Å². The second-order valence-electron chi connectivity index (χ2n) is 3.79. The van der Waals surface area contributed by atoms with Gasteiger partial charge in [0, 0.05) is 4.47 Å². The molecule has 6 heteroatoms. The van der Waals surface area contributed by atoms with Crippen LogP contribution < -0.4 is 4.74 Å². The van der Waals surface area contributed by atoms with Gasteiger partial charge in [0.25, 0.3) is 0 Å². The van der Waals surface area contributed by atoms with Crippen LogP contribution in [0.15, 0.2) is 34.1 Å². The van der Waals surface area contributed by atoms with Gasteiger partial charge in [0.05, 0.1) is 17.4 Å². The van der Waals surface area contributed by atoms with E-state index in [-0.39, 0.29) is 0 Å². The molecule has 0 atom stereocenters. The normalized spacial score (nSPS) is 10.9. The SMILES string of the molecule is COc1ccc(Br)c2c(Cl)nc(-c3cccs3)nc12. The number of thiophene rings is 1. The van der Waals surface area contributed by atoms with Crippen molar-refractivity contribution in [2.75, 3.05) is 7.11 Å². The van der Waals surface area contributed by atoms with Crippen molar-refractivity contribution in [3.05, 3.63) is 39.3 Å². The molecule has 0 aliphatic heterocycles. The number of rotatable bonds is 2. The number of aromatic nitrogens is 2. The van der Waals surface area contributed by atoms with Crippen LogP contribution in [0.3, 0.4) is 0 Å². The van der Waals surface area contributed by atoms with Gasteiger partial charge in [0.15, 0.2) is 5.82 Å². The summed E-state index contributed by atoms with van der Waals surface area (Å²) in [5.74, 6) is 1.30. The van der Waals surface area contributed by atoms with Crippen LogP contribution in [-0.4, -0.2) is 17.1 Å². The molecule has 0 bridgehead atoms. The molecule has 0 radical (unpaired) electrons. The van der Waals surface area contributed by atoms with Crippen LogP contribution in [0, 0.1) is 0 Å². The average Bonchev–Trinajstić information content (AvgIpc) is 2.92. The Morgan fingerprint density at radius 2 is 2.11 bits per heavy atom. The molecule has 0 spiro atoms. The number of hydrogen-bond acceptors (Lipinski definition) is 4. The molecule has 0 saturated heterocycles. The topological polar surface area (TPSA) is 35.0 Å². The summed E-state index contributed by atoms with van der Waals surface area (Å²) in [6.07, 6.45) is 0. The van der Waals surface area contributed by atoms with Gasteiger partial charge in [-0.05, 0) is 39.5 Å². The summed E-state index contributed by atoms with van der Waals surface area (Å²) in [6, 6.07) is 7.65. The van der Waals surface area contributed by atoms with Crippen LogP contribution >= 0.6 is 38.9 Å². The van der Waals surface area contributed by atoms with Gasteiger partial charge in [-0.3, -0.25) is 0 Å². The lowest BCUT2D eigenvalue weighted by Crippen LogP contribution is -1.94. The molecule has 0 aliphatic carbocycles. The Balaban J connectivity index is 2.36. The number of ether oxygens (including phenoxy) is 1. The van der Waals surface area contributed by atoms with E-state index in [1.54, 1.807) is 18.4 Å². The lowest BCUT2D eigenvalue weighted by atomic mass is 10.2. The second-order valence-corrected chi connectivity index (χ2v) is 5.95. The van der Waals surface area contributed by atoms with E-state index in [0.717, 1.165) is 14.7 Å². The minimum atomic E-state index is 0.416. The van der Waals surface area contributed by atoms with E-state index in [4.69, 9.17) is 16.3 Å². The third kappa shape index (κ3) is 2.22. The highest BCUT2D eigenvalue weighted by Gasteiger charge is 2.14. The zero-order chi connectivity index (χ0) is 13.4. The fourth-order valence-electron chi connectivity index (χ4n) is 1.82. The van der Waals surface area contributed by atoms with Gasteiger partial charge in [-0.15, -0.1) is 11.3 Å². The molecule has 0 aliphatic rings. The molecule has 2 aromatic heterocycles. The Morgan fingerprint density at radius 1 is 1.26 bits per heavy atom. The number of benzene rings is 1. The molecule has 96 valence electrons. The summed E-state index contributed by atoms with van der Waals surface area (Å²) in [7, 11) is 1.61. The number of hydrogen-bond donors (Lipinski definition) is 0. The van der Waals surface area contributed by atoms with Crippen molar-refractivity contribution in [1.29, 1.82) is 0 Å². The first-order valence-electron chi connectivity index (χ1n) is 5.44. The standard InChI is InChI=1S/C13H8BrClN2OS/c1-18-8-5-4-7(14)10-11(8)16-13(17-12(10)15)9-3-2-6-19-9/h2-6H,1H3. The lowest BCUT2D eigenvalue weighted by Gasteiger charge is -2.08. The van der Waals surface area contributed by atoms with Crippen molar-refractivity contribution in [1.82, 2.24) is 9.97 Å². The highest BCUT2D eigenvalue weighted by molar-refractivity contribution is 9.10. The Hall–Kier alpha value is -1.17. The van der Waals surface area contributed by atoms with Crippen molar-refractivity contribution in [3.8, 4) is 16.5 Å². The van der Waals surface area contributed by atoms with Crippen LogP contribution in [0.4, 0.5) is 0 Å². The largest absolute Gasteiger partial charge is 0.494 e. The quantitative estimate of drug-likeness (QED) is 0.620. The van der Waals surface area contributed by atoms with Crippen molar-refractivity contribution >= 4 is 49.8 Å². The summed E-state index contributed by atoms with van der Waals surface area (Å²) in [5, 5.41) is 3.16. The van der Waals surface area contributed by atoms with Crippen molar-refractivity contribution in [2.24, 2.45) is 0 Å². The fourth-order valence-corrected chi connectivity index (χ4v) is 3.37. The van der Waals surface area contributed by atoms with Gasteiger partial charge < -0.3 is 4.74 Å². The summed E-state index contributed by atoms with van der Waals surface area (Å²) in [4.78, 5) is 9.91. The molecule has 0 amide bonds. The molecule has 3 aromatic rings. The molecule has 0 fully saturated rings. The highest BCUT2D eigenvalue weighted by Crippen LogP contribution is 2.36. The fraction of sp³-hybridized carbons (Fsp3) is 0.0769. The van der Waals surface area contributed by atoms with Crippen LogP contribution in [0.2, 0.25) is 5.15 Å². The van der Waals surface area contributed by atoms with Gasteiger partial charge in [-0.25, -0.2) is 9.97 Å². The third-order valence-electron chi connectivity index (χ3n) is 2.68. The van der Waals surface area contributed by atoms with Crippen LogP contribution in [-0.2, 0) is 0 Å². The summed E-state index contributed by atoms with van der Waals surface area (Å²) >= 11 is 11.3. The summed E-state index contributed by atoms with van der Waals surface area (Å²) in [5.41, 5.74) is 0.709. The summed E-state index contributed by atoms with van der Waals surface area (Å²) in [6.45, 7) is 0. The zero-order valence-electron chi connectivity index (χ0n) is 9.85. The van der Waals surface area contributed by atoms with E-state index in [1.807, 2.05) is 29.6 Å². The summed E-state index contributed by atoms with van der Waals surface area (Å²) < 4.78 is 6.20. The number of methoxy groups -OCH3 is 1. The van der Waals surface area contributed by atoms with E-state index in [0.29, 0.717) is 22.2 Å². The minimum absolute atomic E-state index is 0.416. The van der Waals surface area contributed by atoms with Gasteiger partial charge in [-0.1, -0.05) is 17.7 Å². The number of halogens is 2. The lowest BCUT2D eigenvalue weighted by molar-refractivity contribution is 0.419. The van der Waals surface area contributed by atoms with Crippen molar-refractivity contribution in [2.45, 2.75) is 0 Å². The van der Waals surface area contributed by atoms with Gasteiger partial charge in [-0.2, -0.15) is 0 Å². The molecule has 0 N–H and O–H groups in total. The Labute approximate surface area is 127 Å². The Kier molecular flexibility index (Phi) is 3.43. The third-order valence-corrected chi connectivity index (χ3v) is 4.48. The molecule has 0 saturated carbocycles. The number of fused-ring (bicyclic) bond motifs is 1. The molecular weight excluding hydrogens is 348 g/mol. The highest BCUT2D eigenvalue weighted by atomic mass is 79.9.